The molecule has 2 atom stereocenters. The van der Waals surface area contributed by atoms with Gasteiger partial charge >= 0.3 is 0 Å². The van der Waals surface area contributed by atoms with Crippen molar-refractivity contribution in [3.05, 3.63) is 65.7 Å². The summed E-state index contributed by atoms with van der Waals surface area (Å²) < 4.78 is 39.8. The van der Waals surface area contributed by atoms with Crippen LogP contribution in [0.1, 0.15) is 44.6 Å². The van der Waals surface area contributed by atoms with Crippen LogP contribution >= 0.6 is 0 Å². The van der Waals surface area contributed by atoms with Gasteiger partial charge in [-0.05, 0) is 49.4 Å². The Kier molecular flexibility index (Phi) is 6.62. The van der Waals surface area contributed by atoms with Crippen molar-refractivity contribution in [3.63, 3.8) is 0 Å². The lowest BCUT2D eigenvalue weighted by Gasteiger charge is -2.27. The van der Waals surface area contributed by atoms with Crippen LogP contribution in [-0.2, 0) is 4.74 Å². The van der Waals surface area contributed by atoms with Crippen molar-refractivity contribution in [1.29, 1.82) is 0 Å². The Morgan fingerprint density at radius 1 is 1.07 bits per heavy atom. The van der Waals surface area contributed by atoms with E-state index in [9.17, 15) is 8.78 Å². The van der Waals surface area contributed by atoms with Gasteiger partial charge in [-0.25, -0.2) is 4.39 Å². The van der Waals surface area contributed by atoms with Gasteiger partial charge in [-0.3, -0.25) is 0 Å². The second-order valence-corrected chi connectivity index (χ2v) is 6.88. The zero-order valence-corrected chi connectivity index (χ0v) is 15.9. The van der Waals surface area contributed by atoms with Gasteiger partial charge in [0.1, 0.15) is 0 Å². The zero-order chi connectivity index (χ0) is 19.2. The van der Waals surface area contributed by atoms with Crippen LogP contribution in [0.4, 0.5) is 8.78 Å². The smallest absolute Gasteiger partial charge is 0.201 e. The highest BCUT2D eigenvalue weighted by atomic mass is 19.2. The van der Waals surface area contributed by atoms with Crippen LogP contribution < -0.4 is 4.74 Å². The molecule has 0 spiro atoms. The lowest BCUT2D eigenvalue weighted by molar-refractivity contribution is 0.0326. The van der Waals surface area contributed by atoms with Crippen molar-refractivity contribution < 1.29 is 18.3 Å². The fraction of sp³-hybridized carbons (Fsp3) is 0.391. The van der Waals surface area contributed by atoms with Gasteiger partial charge in [0, 0.05) is 11.5 Å². The summed E-state index contributed by atoms with van der Waals surface area (Å²) >= 11 is 0. The Labute approximate surface area is 159 Å². The third kappa shape index (κ3) is 4.56. The summed E-state index contributed by atoms with van der Waals surface area (Å²) in [5.74, 6) is -1.50. The van der Waals surface area contributed by atoms with Crippen molar-refractivity contribution in [2.45, 2.75) is 45.1 Å². The van der Waals surface area contributed by atoms with Gasteiger partial charge in [0.25, 0.3) is 0 Å². The summed E-state index contributed by atoms with van der Waals surface area (Å²) in [6.45, 7) is 4.96. The molecule has 2 unspecified atom stereocenters. The van der Waals surface area contributed by atoms with E-state index in [-0.39, 0.29) is 17.4 Å². The molecule has 27 heavy (non-hydrogen) atoms. The van der Waals surface area contributed by atoms with Crippen LogP contribution in [0.5, 0.6) is 5.75 Å². The van der Waals surface area contributed by atoms with Crippen molar-refractivity contribution in [2.75, 3.05) is 13.2 Å². The molecular formula is C23H26F2O2. The van der Waals surface area contributed by atoms with Gasteiger partial charge in [-0.1, -0.05) is 43.3 Å². The maximum atomic E-state index is 14.5. The Morgan fingerprint density at radius 3 is 2.48 bits per heavy atom. The molecule has 0 saturated carbocycles. The molecule has 2 aromatic carbocycles. The number of ether oxygens (including phenoxy) is 2. The quantitative estimate of drug-likeness (QED) is 0.557. The van der Waals surface area contributed by atoms with Gasteiger partial charge in [0.2, 0.25) is 5.82 Å². The summed E-state index contributed by atoms with van der Waals surface area (Å²) in [6, 6.07) is 10.7. The van der Waals surface area contributed by atoms with Gasteiger partial charge in [0.15, 0.2) is 11.6 Å². The summed E-state index contributed by atoms with van der Waals surface area (Å²) in [5, 5.41) is 0. The molecule has 1 heterocycles. The minimum absolute atomic E-state index is 0.0373. The van der Waals surface area contributed by atoms with Crippen LogP contribution in [0.25, 0.3) is 11.1 Å². The molecule has 0 aliphatic carbocycles. The monoisotopic (exact) mass is 372 g/mol. The molecule has 1 fully saturated rings. The lowest BCUT2D eigenvalue weighted by Crippen LogP contribution is -2.23. The number of rotatable bonds is 6. The standard InChI is InChI=1S/C23H26F2O2/c1-3-5-19-11-10-18(15-27-19)16-6-8-17(9-7-16)20-12-13-21(26-14-4-2)23(25)22(20)24/h3,5-9,12-13,18-19H,4,10-11,14-15H2,1-2H3. The van der Waals surface area contributed by atoms with Crippen molar-refractivity contribution in [2.24, 2.45) is 0 Å². The van der Waals surface area contributed by atoms with Gasteiger partial charge in [-0.15, -0.1) is 0 Å². The SMILES string of the molecule is CC=CC1CCC(c2ccc(-c3ccc(OCCC)c(F)c3F)cc2)CO1. The van der Waals surface area contributed by atoms with E-state index >= 15 is 0 Å². The highest BCUT2D eigenvalue weighted by Gasteiger charge is 2.22. The number of allylic oxidation sites excluding steroid dienone is 1. The van der Waals surface area contributed by atoms with Crippen molar-refractivity contribution >= 4 is 0 Å². The van der Waals surface area contributed by atoms with E-state index in [2.05, 4.69) is 6.08 Å². The molecule has 144 valence electrons. The molecule has 1 aliphatic heterocycles. The van der Waals surface area contributed by atoms with Crippen LogP contribution in [0, 0.1) is 11.6 Å². The first-order valence-corrected chi connectivity index (χ1v) is 9.59. The summed E-state index contributed by atoms with van der Waals surface area (Å²) in [4.78, 5) is 0. The summed E-state index contributed by atoms with van der Waals surface area (Å²) in [5.41, 5.74) is 2.07. The first kappa shape index (κ1) is 19.6. The Morgan fingerprint density at radius 2 is 1.85 bits per heavy atom. The number of hydrogen-bond acceptors (Lipinski definition) is 2. The molecule has 1 aliphatic rings. The Bertz CT molecular complexity index is 776. The first-order valence-electron chi connectivity index (χ1n) is 9.59. The van der Waals surface area contributed by atoms with Crippen LogP contribution in [0.3, 0.4) is 0 Å². The van der Waals surface area contributed by atoms with E-state index in [1.807, 2.05) is 44.2 Å². The van der Waals surface area contributed by atoms with Gasteiger partial charge in [-0.2, -0.15) is 4.39 Å². The minimum Gasteiger partial charge on any atom is -0.490 e. The van der Waals surface area contributed by atoms with E-state index < -0.39 is 11.6 Å². The molecule has 4 heteroatoms. The van der Waals surface area contributed by atoms with Crippen LogP contribution in [-0.4, -0.2) is 19.3 Å². The van der Waals surface area contributed by atoms with Crippen molar-refractivity contribution in [3.8, 4) is 16.9 Å². The summed E-state index contributed by atoms with van der Waals surface area (Å²) in [7, 11) is 0. The predicted molar refractivity (Wildman–Crippen MR) is 104 cm³/mol. The molecule has 0 amide bonds. The van der Waals surface area contributed by atoms with E-state index in [0.717, 1.165) is 19.3 Å². The second kappa shape index (κ2) is 9.14. The van der Waals surface area contributed by atoms with E-state index in [1.54, 1.807) is 6.07 Å². The molecule has 0 radical (unpaired) electrons. The molecule has 0 N–H and O–H groups in total. The number of hydrogen-bond donors (Lipinski definition) is 0. The fourth-order valence-corrected chi connectivity index (χ4v) is 3.41. The third-order valence-electron chi connectivity index (χ3n) is 4.92. The second-order valence-electron chi connectivity index (χ2n) is 6.88. The van der Waals surface area contributed by atoms with Crippen LogP contribution in [0.15, 0.2) is 48.6 Å². The Balaban J connectivity index is 1.73. The molecular weight excluding hydrogens is 346 g/mol. The maximum absolute atomic E-state index is 14.5. The molecule has 2 aromatic rings. The van der Waals surface area contributed by atoms with Crippen molar-refractivity contribution in [1.82, 2.24) is 0 Å². The highest BCUT2D eigenvalue weighted by molar-refractivity contribution is 5.65. The lowest BCUT2D eigenvalue weighted by atomic mass is 9.90. The topological polar surface area (TPSA) is 18.5 Å². The molecule has 2 nitrogen and oxygen atoms in total. The van der Waals surface area contributed by atoms with Crippen LogP contribution in [0.2, 0.25) is 0 Å². The predicted octanol–water partition coefficient (Wildman–Crippen LogP) is 6.26. The molecule has 0 aromatic heterocycles. The number of halogens is 2. The minimum atomic E-state index is -0.930. The molecule has 0 bridgehead atoms. The largest absolute Gasteiger partial charge is 0.490 e. The fourth-order valence-electron chi connectivity index (χ4n) is 3.41. The average molecular weight is 372 g/mol. The highest BCUT2D eigenvalue weighted by Crippen LogP contribution is 2.33. The zero-order valence-electron chi connectivity index (χ0n) is 15.9. The maximum Gasteiger partial charge on any atom is 0.201 e. The van der Waals surface area contributed by atoms with Gasteiger partial charge in [0.05, 0.1) is 19.3 Å². The Hall–Kier alpha value is -2.20. The van der Waals surface area contributed by atoms with Gasteiger partial charge < -0.3 is 9.47 Å². The van der Waals surface area contributed by atoms with E-state index in [0.29, 0.717) is 24.7 Å². The number of benzene rings is 2. The average Bonchev–Trinajstić information content (AvgIpc) is 2.70. The normalized spacial score (nSPS) is 20.1. The summed E-state index contributed by atoms with van der Waals surface area (Å²) in [6.07, 6.45) is 7.11. The molecule has 3 rings (SSSR count). The molecule has 1 saturated heterocycles. The van der Waals surface area contributed by atoms with E-state index in [4.69, 9.17) is 9.47 Å². The first-order chi connectivity index (χ1) is 13.1. The third-order valence-corrected chi connectivity index (χ3v) is 4.92. The van der Waals surface area contributed by atoms with E-state index in [1.165, 1.54) is 11.6 Å².